The first-order valence-corrected chi connectivity index (χ1v) is 6.43. The number of carboxylic acids is 1. The summed E-state index contributed by atoms with van der Waals surface area (Å²) in [6.07, 6.45) is -0.606. The zero-order valence-corrected chi connectivity index (χ0v) is 10.3. The lowest BCUT2D eigenvalue weighted by Gasteiger charge is -2.33. The summed E-state index contributed by atoms with van der Waals surface area (Å²) in [5.41, 5.74) is 0.749. The third-order valence-corrected chi connectivity index (χ3v) is 4.20. The van der Waals surface area contributed by atoms with Crippen molar-refractivity contribution in [2.75, 3.05) is 0 Å². The van der Waals surface area contributed by atoms with Crippen LogP contribution in [0.2, 0.25) is 0 Å². The molecule has 94 valence electrons. The number of hydrogen-bond donors (Lipinski definition) is 1. The first-order chi connectivity index (χ1) is 7.89. The van der Waals surface area contributed by atoms with Crippen LogP contribution in [0.4, 0.5) is 8.78 Å². The average Bonchev–Trinajstić information content (AvgIpc) is 2.62. The van der Waals surface area contributed by atoms with Crippen molar-refractivity contribution in [1.82, 2.24) is 0 Å². The van der Waals surface area contributed by atoms with Gasteiger partial charge >= 0.3 is 5.97 Å². The van der Waals surface area contributed by atoms with E-state index < -0.39 is 23.7 Å². The monoisotopic (exact) mass is 260 g/mol. The maximum absolute atomic E-state index is 13.4. The first-order valence-electron chi connectivity index (χ1n) is 5.55. The minimum absolute atomic E-state index is 0.0574. The van der Waals surface area contributed by atoms with Gasteiger partial charge in [-0.25, -0.2) is 8.78 Å². The molecule has 0 saturated heterocycles. The summed E-state index contributed by atoms with van der Waals surface area (Å²) in [4.78, 5) is 12.1. The van der Waals surface area contributed by atoms with Crippen molar-refractivity contribution in [3.8, 4) is 0 Å². The standard InChI is InChI=1S/C12H14F2O2S/c1-7-4-8(6-17-7)10-5-12(13,14)3-2-9(10)11(15)16/h4,6,9-10H,2-3,5H2,1H3,(H,15,16). The lowest BCUT2D eigenvalue weighted by Crippen LogP contribution is -2.34. The van der Waals surface area contributed by atoms with Crippen LogP contribution in [0.3, 0.4) is 0 Å². The smallest absolute Gasteiger partial charge is 0.307 e. The number of halogens is 2. The highest BCUT2D eigenvalue weighted by Gasteiger charge is 2.44. The van der Waals surface area contributed by atoms with Crippen molar-refractivity contribution in [2.24, 2.45) is 5.92 Å². The van der Waals surface area contributed by atoms with Crippen molar-refractivity contribution >= 4 is 17.3 Å². The summed E-state index contributed by atoms with van der Waals surface area (Å²) >= 11 is 1.47. The first kappa shape index (κ1) is 12.5. The molecule has 0 aliphatic heterocycles. The molecule has 2 unspecified atom stereocenters. The van der Waals surface area contributed by atoms with Crippen LogP contribution < -0.4 is 0 Å². The number of carboxylic acid groups (broad SMARTS) is 1. The van der Waals surface area contributed by atoms with Crippen molar-refractivity contribution < 1.29 is 18.7 Å². The van der Waals surface area contributed by atoms with Crippen LogP contribution in [0.5, 0.6) is 0 Å². The van der Waals surface area contributed by atoms with Gasteiger partial charge in [0.25, 0.3) is 0 Å². The molecular weight excluding hydrogens is 246 g/mol. The van der Waals surface area contributed by atoms with Crippen LogP contribution in [-0.4, -0.2) is 17.0 Å². The Labute approximate surface area is 102 Å². The summed E-state index contributed by atoms with van der Waals surface area (Å²) in [5.74, 6) is -4.92. The van der Waals surface area contributed by atoms with E-state index in [0.717, 1.165) is 10.4 Å². The Morgan fingerprint density at radius 1 is 1.59 bits per heavy atom. The van der Waals surface area contributed by atoms with Gasteiger partial charge in [0, 0.05) is 23.6 Å². The number of hydrogen-bond acceptors (Lipinski definition) is 2. The second-order valence-corrected chi connectivity index (χ2v) is 5.76. The van der Waals surface area contributed by atoms with E-state index in [1.165, 1.54) is 11.3 Å². The van der Waals surface area contributed by atoms with Crippen LogP contribution in [0.1, 0.15) is 35.6 Å². The fraction of sp³-hybridized carbons (Fsp3) is 0.583. The molecule has 5 heteroatoms. The van der Waals surface area contributed by atoms with E-state index in [2.05, 4.69) is 0 Å². The van der Waals surface area contributed by atoms with Crippen molar-refractivity contribution in [1.29, 1.82) is 0 Å². The van der Waals surface area contributed by atoms with Gasteiger partial charge in [0.1, 0.15) is 0 Å². The Balaban J connectivity index is 2.28. The molecule has 1 heterocycles. The Morgan fingerprint density at radius 3 is 2.82 bits per heavy atom. The maximum atomic E-state index is 13.4. The summed E-state index contributed by atoms with van der Waals surface area (Å²) in [7, 11) is 0. The molecule has 0 amide bonds. The molecule has 1 aliphatic carbocycles. The molecule has 0 radical (unpaired) electrons. The Morgan fingerprint density at radius 2 is 2.29 bits per heavy atom. The quantitative estimate of drug-likeness (QED) is 0.881. The topological polar surface area (TPSA) is 37.3 Å². The van der Waals surface area contributed by atoms with Crippen LogP contribution in [0.15, 0.2) is 11.4 Å². The average molecular weight is 260 g/mol. The SMILES string of the molecule is Cc1cc(C2CC(F)(F)CCC2C(=O)O)cs1. The lowest BCUT2D eigenvalue weighted by atomic mass is 9.74. The third kappa shape index (κ3) is 2.65. The molecule has 17 heavy (non-hydrogen) atoms. The molecule has 1 aromatic heterocycles. The fourth-order valence-electron chi connectivity index (χ4n) is 2.44. The molecule has 2 atom stereocenters. The minimum atomic E-state index is -2.73. The van der Waals surface area contributed by atoms with E-state index in [-0.39, 0.29) is 19.3 Å². The number of carbonyl (C=O) groups is 1. The molecule has 2 rings (SSSR count). The molecule has 2 nitrogen and oxygen atoms in total. The van der Waals surface area contributed by atoms with Gasteiger partial charge in [-0.1, -0.05) is 0 Å². The number of aliphatic carboxylic acids is 1. The van der Waals surface area contributed by atoms with E-state index in [0.29, 0.717) is 0 Å². The van der Waals surface area contributed by atoms with Gasteiger partial charge in [0.2, 0.25) is 5.92 Å². The van der Waals surface area contributed by atoms with Gasteiger partial charge in [-0.3, -0.25) is 4.79 Å². The summed E-state index contributed by atoms with van der Waals surface area (Å²) in [6.45, 7) is 1.89. The predicted octanol–water partition coefficient (Wildman–Crippen LogP) is 3.66. The van der Waals surface area contributed by atoms with Gasteiger partial charge in [-0.2, -0.15) is 0 Å². The molecule has 0 aromatic carbocycles. The maximum Gasteiger partial charge on any atom is 0.307 e. The van der Waals surface area contributed by atoms with E-state index in [1.807, 2.05) is 13.0 Å². The van der Waals surface area contributed by atoms with Crippen LogP contribution in [0.25, 0.3) is 0 Å². The highest BCUT2D eigenvalue weighted by Crippen LogP contribution is 2.46. The zero-order valence-electron chi connectivity index (χ0n) is 9.45. The molecule has 0 spiro atoms. The fourth-order valence-corrected chi connectivity index (χ4v) is 3.21. The van der Waals surface area contributed by atoms with Gasteiger partial charge in [-0.15, -0.1) is 11.3 Å². The lowest BCUT2D eigenvalue weighted by molar-refractivity contribution is -0.147. The van der Waals surface area contributed by atoms with Gasteiger partial charge in [-0.05, 0) is 30.4 Å². The van der Waals surface area contributed by atoms with E-state index in [1.54, 1.807) is 5.38 Å². The second kappa shape index (κ2) is 4.37. The summed E-state index contributed by atoms with van der Waals surface area (Å²) in [5, 5.41) is 10.9. The second-order valence-electron chi connectivity index (χ2n) is 4.64. The van der Waals surface area contributed by atoms with Crippen molar-refractivity contribution in [2.45, 2.75) is 38.0 Å². The minimum Gasteiger partial charge on any atom is -0.481 e. The van der Waals surface area contributed by atoms with Crippen LogP contribution in [0, 0.1) is 12.8 Å². The van der Waals surface area contributed by atoms with Crippen molar-refractivity contribution in [3.63, 3.8) is 0 Å². The number of thiophene rings is 1. The van der Waals surface area contributed by atoms with E-state index in [4.69, 9.17) is 5.11 Å². The van der Waals surface area contributed by atoms with Crippen LogP contribution in [-0.2, 0) is 4.79 Å². The molecule has 1 aromatic rings. The van der Waals surface area contributed by atoms with E-state index in [9.17, 15) is 13.6 Å². The highest BCUT2D eigenvalue weighted by molar-refractivity contribution is 7.10. The number of rotatable bonds is 2. The van der Waals surface area contributed by atoms with E-state index >= 15 is 0 Å². The molecule has 1 aliphatic rings. The third-order valence-electron chi connectivity index (χ3n) is 3.32. The molecule has 1 fully saturated rings. The Bertz CT molecular complexity index is 428. The predicted molar refractivity (Wildman–Crippen MR) is 61.7 cm³/mol. The number of aryl methyl sites for hydroxylation is 1. The molecular formula is C12H14F2O2S. The zero-order chi connectivity index (χ0) is 12.6. The summed E-state index contributed by atoms with van der Waals surface area (Å²) < 4.78 is 26.8. The van der Waals surface area contributed by atoms with Gasteiger partial charge < -0.3 is 5.11 Å². The van der Waals surface area contributed by atoms with Crippen molar-refractivity contribution in [3.05, 3.63) is 21.9 Å². The Kier molecular flexibility index (Phi) is 3.21. The van der Waals surface area contributed by atoms with Gasteiger partial charge in [0.05, 0.1) is 5.92 Å². The van der Waals surface area contributed by atoms with Gasteiger partial charge in [0.15, 0.2) is 0 Å². The normalized spacial score (nSPS) is 27.9. The molecule has 0 bridgehead atoms. The molecule has 1 saturated carbocycles. The number of alkyl halides is 2. The molecule has 1 N–H and O–H groups in total. The Hall–Kier alpha value is -0.970. The largest absolute Gasteiger partial charge is 0.481 e. The highest BCUT2D eigenvalue weighted by atomic mass is 32.1. The van der Waals surface area contributed by atoms with Crippen LogP contribution >= 0.6 is 11.3 Å². The summed E-state index contributed by atoms with van der Waals surface area (Å²) in [6, 6.07) is 1.83.